The SMILES string of the molecule is CO[C@@H]1[C@H](O)[C@@H](O[C@H]2[C@H](O)[C@@H](CO[C@H]3O[C@H](CO)[C@@H](O)[C@H](O)[C@@H]3O[C@@H]3O[C@H](CO)[C@@H](O[C@@H]4O[C@H](CO)[C@H](O)[C@H](O[C@@H]5O[C@H](CO)[C@H](O)[C@H](OC)[C@H]5O)[C@H]4NC(C)=O)[C@H](O)[C@H]3NC(C)=O)O[C@@H](O[C@H]3[C@H](O)[C@@H](NC(C)=O)[C@H](O[C@H]4[C@H](O)[C@@H](NC(C)=O)C(O)O[C@@H]4CO)O[C@@H]3CO)[C@H]2O[C@@H]2OC[C@@H](O)[C@H](O)[C@H]2O)O[C@H](CO)[C@H]1O. The smallest absolute Gasteiger partial charge is 0.217 e. The van der Waals surface area contributed by atoms with Crippen LogP contribution in [-0.4, -0.2) is 480 Å². The summed E-state index contributed by atoms with van der Waals surface area (Å²) in [5, 5.41) is 256. The van der Waals surface area contributed by atoms with Crippen LogP contribution >= 0.6 is 0 Å². The maximum Gasteiger partial charge on any atom is 0.217 e. The van der Waals surface area contributed by atoms with Crippen molar-refractivity contribution in [3.8, 4) is 0 Å². The molecule has 9 heterocycles. The van der Waals surface area contributed by atoms with E-state index in [0.29, 0.717) is 0 Å². The number of ether oxygens (including phenoxy) is 19. The fraction of sp³-hybridized carbons (Fsp3) is 0.937. The molecule has 0 aromatic carbocycles. The molecule has 49 heteroatoms. The molecule has 44 atom stereocenters. The number of methoxy groups -OCH3 is 2. The van der Waals surface area contributed by atoms with E-state index in [-0.39, 0.29) is 0 Å². The lowest BCUT2D eigenvalue weighted by Crippen LogP contribution is -2.71. The van der Waals surface area contributed by atoms with Gasteiger partial charge in [0.05, 0.1) is 59.5 Å². The maximum atomic E-state index is 13.2. The molecule has 4 amide bonds. The van der Waals surface area contributed by atoms with Gasteiger partial charge in [0, 0.05) is 41.9 Å². The third kappa shape index (κ3) is 20.4. The van der Waals surface area contributed by atoms with Crippen LogP contribution in [0.2, 0.25) is 0 Å². The van der Waals surface area contributed by atoms with Crippen molar-refractivity contribution < 1.29 is 222 Å². The first-order chi connectivity index (χ1) is 53.1. The third-order valence-electron chi connectivity index (χ3n) is 20.5. The molecule has 112 heavy (non-hydrogen) atoms. The van der Waals surface area contributed by atoms with Crippen molar-refractivity contribution >= 4 is 23.6 Å². The van der Waals surface area contributed by atoms with Crippen LogP contribution in [0.25, 0.3) is 0 Å². The van der Waals surface area contributed by atoms with Gasteiger partial charge in [-0.3, -0.25) is 19.2 Å². The van der Waals surface area contributed by atoms with E-state index in [9.17, 15) is 132 Å². The summed E-state index contributed by atoms with van der Waals surface area (Å²) < 4.78 is 113. The Morgan fingerprint density at radius 1 is 0.286 bits per heavy atom. The summed E-state index contributed by atoms with van der Waals surface area (Å²) in [5.74, 6) is -3.51. The molecule has 26 N–H and O–H groups in total. The number of carbonyl (C=O) groups is 4. The minimum Gasteiger partial charge on any atom is -0.394 e. The van der Waals surface area contributed by atoms with Crippen molar-refractivity contribution in [2.24, 2.45) is 0 Å². The fourth-order valence-corrected chi connectivity index (χ4v) is 14.7. The molecule has 9 saturated heterocycles. The van der Waals surface area contributed by atoms with Crippen molar-refractivity contribution in [3.05, 3.63) is 0 Å². The second-order valence-electron chi connectivity index (χ2n) is 28.1. The first kappa shape index (κ1) is 92.1. The van der Waals surface area contributed by atoms with Gasteiger partial charge in [-0.25, -0.2) is 0 Å². The molecule has 9 aliphatic rings. The molecule has 0 aromatic heterocycles. The Morgan fingerprint density at radius 3 is 1.07 bits per heavy atom. The molecule has 9 aliphatic heterocycles. The number of amides is 4. The standard InChI is InChI=1S/C63H106N4O45/c1-16(75)64-29-39(86)46(25(11-72)98-55(29)93)106-56-30(65-17(2)76)41(88)48(27(13-74)103-56)108-63-54(112-59-43(90)33(80)20(79)14-96-59)52(110-61-45(92)51(95-6)37(84)24(10-71)101-61)38(85)28(105-63)15-97-62-53(42(89)34(81)21(7-68)102-62)111-57-31(66-18(3)77)40(87)47(26(12-73)104-57)107-58-32(67-19(4)78)49(35(82)22(8-69)99-58)109-60-44(91)50(94-5)36(83)23(9-70)100-60/h20-63,68-74,79-93H,7-15H2,1-6H3,(H,64,75)(H,65,76)(H,66,77)(H,67,78)/t20-,21-,22-,23-,24-,25-,26-,27-,28-,29-,30-,31-,32-,33+,34-,35+,36+,37-,38-,39-,40-,41-,42+,43-,44-,45+,46-,47-,48-,49-,50+,51+,52+,53+,54+,55?,56+,57+,58+,59+,60+,61-,62+,63+/m1/s1. The molecular formula is C63H106N4O45. The first-order valence-electron chi connectivity index (χ1n) is 35.8. The second-order valence-corrected chi connectivity index (χ2v) is 28.1. The lowest BCUT2D eigenvalue weighted by atomic mass is 9.93. The quantitative estimate of drug-likeness (QED) is 0.0318. The highest BCUT2D eigenvalue weighted by molar-refractivity contribution is 5.74. The second kappa shape index (κ2) is 40.8. The summed E-state index contributed by atoms with van der Waals surface area (Å²) in [6, 6.07) is -7.26. The van der Waals surface area contributed by atoms with Crippen LogP contribution in [-0.2, 0) is 109 Å². The minimum atomic E-state index is -2.39. The number of hydrogen-bond donors (Lipinski definition) is 26. The first-order valence-corrected chi connectivity index (χ1v) is 35.8. The molecule has 9 fully saturated rings. The molecule has 0 bridgehead atoms. The van der Waals surface area contributed by atoms with E-state index in [2.05, 4.69) is 21.3 Å². The van der Waals surface area contributed by atoms with Gasteiger partial charge in [-0.2, -0.15) is 0 Å². The monoisotopic (exact) mass is 1640 g/mol. The van der Waals surface area contributed by atoms with Gasteiger partial charge < -0.3 is 224 Å². The Bertz CT molecular complexity index is 2960. The predicted molar refractivity (Wildman–Crippen MR) is 347 cm³/mol. The Balaban J connectivity index is 1.05. The number of rotatable bonds is 30. The van der Waals surface area contributed by atoms with Crippen molar-refractivity contribution in [2.75, 3.05) is 73.7 Å². The Labute approximate surface area is 636 Å². The average molecular weight is 1640 g/mol. The van der Waals surface area contributed by atoms with Crippen LogP contribution in [0, 0.1) is 0 Å². The number of aliphatic hydroxyl groups excluding tert-OH is 22. The molecule has 648 valence electrons. The summed E-state index contributed by atoms with van der Waals surface area (Å²) in [7, 11) is 2.15. The zero-order valence-electron chi connectivity index (χ0n) is 61.0. The van der Waals surface area contributed by atoms with E-state index in [1.54, 1.807) is 0 Å². The highest BCUT2D eigenvalue weighted by atomic mass is 16.8. The van der Waals surface area contributed by atoms with E-state index in [1.807, 2.05) is 0 Å². The summed E-state index contributed by atoms with van der Waals surface area (Å²) in [4.78, 5) is 51.4. The van der Waals surface area contributed by atoms with Crippen molar-refractivity contribution in [3.63, 3.8) is 0 Å². The van der Waals surface area contributed by atoms with E-state index in [4.69, 9.17) is 90.0 Å². The summed E-state index contributed by atoms with van der Waals surface area (Å²) in [6.07, 6.45) is -79.3. The van der Waals surface area contributed by atoms with Crippen LogP contribution in [0.1, 0.15) is 27.7 Å². The van der Waals surface area contributed by atoms with Crippen LogP contribution < -0.4 is 21.3 Å². The molecule has 0 spiro atoms. The highest BCUT2D eigenvalue weighted by Gasteiger charge is 2.61. The Morgan fingerprint density at radius 2 is 0.616 bits per heavy atom. The van der Waals surface area contributed by atoms with E-state index in [0.717, 1.165) is 41.9 Å². The summed E-state index contributed by atoms with van der Waals surface area (Å²) in [6.45, 7) is -5.28. The summed E-state index contributed by atoms with van der Waals surface area (Å²) in [5.41, 5.74) is 0. The Kier molecular flexibility index (Phi) is 33.6. The van der Waals surface area contributed by atoms with Crippen molar-refractivity contribution in [2.45, 2.75) is 298 Å². The Hall–Kier alpha value is -3.76. The van der Waals surface area contributed by atoms with Gasteiger partial charge in [0.15, 0.2) is 56.6 Å². The van der Waals surface area contributed by atoms with Gasteiger partial charge in [-0.1, -0.05) is 0 Å². The topological polar surface area (TPSA) is 737 Å². The molecule has 49 nitrogen and oxygen atoms in total. The van der Waals surface area contributed by atoms with E-state index < -0.39 is 353 Å². The largest absolute Gasteiger partial charge is 0.394 e. The van der Waals surface area contributed by atoms with Gasteiger partial charge in [-0.15, -0.1) is 0 Å². The van der Waals surface area contributed by atoms with Crippen molar-refractivity contribution in [1.82, 2.24) is 21.3 Å². The number of carbonyl (C=O) groups excluding carboxylic acids is 4. The normalized spacial score (nSPS) is 48.2. The van der Waals surface area contributed by atoms with Crippen LogP contribution in [0.3, 0.4) is 0 Å². The minimum absolute atomic E-state index is 0.774. The molecule has 0 saturated carbocycles. The molecular weight excluding hydrogens is 1530 g/mol. The molecule has 0 radical (unpaired) electrons. The third-order valence-corrected chi connectivity index (χ3v) is 20.5. The van der Waals surface area contributed by atoms with Gasteiger partial charge in [-0.05, 0) is 0 Å². The van der Waals surface area contributed by atoms with E-state index >= 15 is 0 Å². The zero-order valence-corrected chi connectivity index (χ0v) is 61.0. The van der Waals surface area contributed by atoms with Gasteiger partial charge in [0.25, 0.3) is 0 Å². The molecule has 0 aliphatic carbocycles. The van der Waals surface area contributed by atoms with E-state index in [1.165, 1.54) is 0 Å². The lowest BCUT2D eigenvalue weighted by Gasteiger charge is -2.51. The molecule has 1 unspecified atom stereocenters. The predicted octanol–water partition coefficient (Wildman–Crippen LogP) is -18.1. The number of aliphatic hydroxyl groups is 22. The van der Waals surface area contributed by atoms with Gasteiger partial charge in [0.1, 0.15) is 213 Å². The number of nitrogens with one attached hydrogen (secondary N) is 4. The maximum absolute atomic E-state index is 13.2. The van der Waals surface area contributed by atoms with Crippen LogP contribution in [0.4, 0.5) is 0 Å². The van der Waals surface area contributed by atoms with Crippen LogP contribution in [0.15, 0.2) is 0 Å². The van der Waals surface area contributed by atoms with Gasteiger partial charge >= 0.3 is 0 Å². The molecule has 9 rings (SSSR count). The highest BCUT2D eigenvalue weighted by Crippen LogP contribution is 2.41. The summed E-state index contributed by atoms with van der Waals surface area (Å²) >= 11 is 0. The average Bonchev–Trinajstić information content (AvgIpc) is 0.766. The van der Waals surface area contributed by atoms with Crippen LogP contribution in [0.5, 0.6) is 0 Å². The number of hydrogen-bond acceptors (Lipinski definition) is 45. The lowest BCUT2D eigenvalue weighted by molar-refractivity contribution is -0.405. The van der Waals surface area contributed by atoms with Gasteiger partial charge in [0.2, 0.25) is 23.6 Å². The van der Waals surface area contributed by atoms with Crippen molar-refractivity contribution in [1.29, 1.82) is 0 Å². The fourth-order valence-electron chi connectivity index (χ4n) is 14.7. The zero-order chi connectivity index (χ0) is 82.3. The molecule has 0 aromatic rings.